The molecular formula is C15H21N3O2. The third-order valence-electron chi connectivity index (χ3n) is 3.15. The van der Waals surface area contributed by atoms with Crippen LogP contribution in [0, 0.1) is 6.92 Å². The van der Waals surface area contributed by atoms with Gasteiger partial charge in [0, 0.05) is 27.3 Å². The predicted molar refractivity (Wildman–Crippen MR) is 80.2 cm³/mol. The zero-order valence-corrected chi connectivity index (χ0v) is 12.3. The van der Waals surface area contributed by atoms with E-state index in [9.17, 15) is 0 Å². The molecule has 0 radical (unpaired) electrons. The van der Waals surface area contributed by atoms with Gasteiger partial charge in [-0.05, 0) is 19.1 Å². The Morgan fingerprint density at radius 1 is 0.950 bits per heavy atom. The third-order valence-corrected chi connectivity index (χ3v) is 3.15. The molecule has 0 N–H and O–H groups in total. The minimum atomic E-state index is 0.650. The van der Waals surface area contributed by atoms with Crippen LogP contribution >= 0.6 is 0 Å². The molecule has 0 fully saturated rings. The highest BCUT2D eigenvalue weighted by atomic mass is 16.5. The van der Waals surface area contributed by atoms with Crippen molar-refractivity contribution in [1.29, 1.82) is 0 Å². The minimum absolute atomic E-state index is 0.650. The average molecular weight is 275 g/mol. The lowest BCUT2D eigenvalue weighted by Crippen LogP contribution is -2.32. The summed E-state index contributed by atoms with van der Waals surface area (Å²) in [5.41, 5.74) is 2.76. The number of rotatable bonds is 7. The number of hydrogen-bond donors (Lipinski definition) is 0. The molecule has 2 rings (SSSR count). The van der Waals surface area contributed by atoms with Gasteiger partial charge in [0.1, 0.15) is 0 Å². The molecule has 0 atom stereocenters. The van der Waals surface area contributed by atoms with Gasteiger partial charge in [0.25, 0.3) is 0 Å². The molecule has 0 aliphatic rings. The molecule has 5 heteroatoms. The lowest BCUT2D eigenvalue weighted by Gasteiger charge is -2.24. The molecule has 0 aliphatic heterocycles. The van der Waals surface area contributed by atoms with Crippen LogP contribution in [0.2, 0.25) is 0 Å². The maximum absolute atomic E-state index is 5.17. The van der Waals surface area contributed by atoms with Crippen LogP contribution in [0.1, 0.15) is 5.69 Å². The second kappa shape index (κ2) is 7.17. The van der Waals surface area contributed by atoms with E-state index in [1.54, 1.807) is 14.2 Å². The number of benzene rings is 1. The van der Waals surface area contributed by atoms with Crippen molar-refractivity contribution in [2.75, 3.05) is 45.4 Å². The van der Waals surface area contributed by atoms with E-state index < -0.39 is 0 Å². The number of anilines is 1. The Bertz CT molecular complexity index is 552. The number of methoxy groups -OCH3 is 2. The molecule has 1 heterocycles. The number of hydrogen-bond acceptors (Lipinski definition) is 5. The molecule has 0 aliphatic carbocycles. The molecule has 5 nitrogen and oxygen atoms in total. The number of ether oxygens (including phenoxy) is 2. The maximum Gasteiger partial charge on any atom is 0.150 e. The first-order valence-electron chi connectivity index (χ1n) is 6.72. The zero-order valence-electron chi connectivity index (χ0n) is 12.3. The Labute approximate surface area is 119 Å². The molecule has 0 bridgehead atoms. The lowest BCUT2D eigenvalue weighted by molar-refractivity contribution is 0.190. The van der Waals surface area contributed by atoms with Crippen LogP contribution in [0.5, 0.6) is 0 Å². The van der Waals surface area contributed by atoms with E-state index in [1.807, 2.05) is 31.2 Å². The topological polar surface area (TPSA) is 47.5 Å². The van der Waals surface area contributed by atoms with Gasteiger partial charge in [-0.15, -0.1) is 0 Å². The minimum Gasteiger partial charge on any atom is -0.383 e. The summed E-state index contributed by atoms with van der Waals surface area (Å²) in [4.78, 5) is 11.5. The number of aryl methyl sites for hydroxylation is 1. The molecule has 0 spiro atoms. The standard InChI is InChI=1S/C15H21N3O2/c1-12-15(18(8-10-19-2)9-11-20-3)17-14-7-5-4-6-13(14)16-12/h4-7H,8-11H2,1-3H3. The van der Waals surface area contributed by atoms with Crippen LogP contribution in [0.15, 0.2) is 24.3 Å². The summed E-state index contributed by atoms with van der Waals surface area (Å²) in [7, 11) is 3.40. The van der Waals surface area contributed by atoms with Gasteiger partial charge in [0.05, 0.1) is 29.9 Å². The van der Waals surface area contributed by atoms with Crippen LogP contribution in [-0.4, -0.2) is 50.5 Å². The molecular weight excluding hydrogens is 254 g/mol. The molecule has 2 aromatic rings. The van der Waals surface area contributed by atoms with E-state index in [0.29, 0.717) is 13.2 Å². The fourth-order valence-electron chi connectivity index (χ4n) is 2.11. The molecule has 0 unspecified atom stereocenters. The average Bonchev–Trinajstić information content (AvgIpc) is 2.47. The number of nitrogens with zero attached hydrogens (tertiary/aromatic N) is 3. The second-order valence-electron chi connectivity index (χ2n) is 4.59. The molecule has 20 heavy (non-hydrogen) atoms. The largest absolute Gasteiger partial charge is 0.383 e. The highest BCUT2D eigenvalue weighted by molar-refractivity contribution is 5.76. The molecule has 1 aromatic heterocycles. The van der Waals surface area contributed by atoms with Crippen molar-refractivity contribution < 1.29 is 9.47 Å². The summed E-state index contributed by atoms with van der Waals surface area (Å²) in [6, 6.07) is 7.92. The summed E-state index contributed by atoms with van der Waals surface area (Å²) in [5.74, 6) is 0.901. The summed E-state index contributed by atoms with van der Waals surface area (Å²) in [5, 5.41) is 0. The van der Waals surface area contributed by atoms with E-state index >= 15 is 0 Å². The van der Waals surface area contributed by atoms with Gasteiger partial charge in [-0.1, -0.05) is 12.1 Å². The van der Waals surface area contributed by atoms with Crippen molar-refractivity contribution in [1.82, 2.24) is 9.97 Å². The first kappa shape index (κ1) is 14.7. The third kappa shape index (κ3) is 3.43. The van der Waals surface area contributed by atoms with Gasteiger partial charge in [-0.25, -0.2) is 9.97 Å². The van der Waals surface area contributed by atoms with Gasteiger partial charge in [0.15, 0.2) is 5.82 Å². The van der Waals surface area contributed by atoms with Crippen molar-refractivity contribution in [3.8, 4) is 0 Å². The highest BCUT2D eigenvalue weighted by Gasteiger charge is 2.13. The van der Waals surface area contributed by atoms with Crippen molar-refractivity contribution >= 4 is 16.9 Å². The number of aromatic nitrogens is 2. The normalized spacial score (nSPS) is 10.9. The number of para-hydroxylation sites is 2. The predicted octanol–water partition coefficient (Wildman–Crippen LogP) is 2.04. The Morgan fingerprint density at radius 3 is 2.05 bits per heavy atom. The van der Waals surface area contributed by atoms with Crippen LogP contribution in [-0.2, 0) is 9.47 Å². The van der Waals surface area contributed by atoms with E-state index in [2.05, 4.69) is 9.88 Å². The van der Waals surface area contributed by atoms with Crippen molar-refractivity contribution in [3.05, 3.63) is 30.0 Å². The lowest BCUT2D eigenvalue weighted by atomic mass is 10.3. The fraction of sp³-hybridized carbons (Fsp3) is 0.467. The van der Waals surface area contributed by atoms with Crippen molar-refractivity contribution in [2.45, 2.75) is 6.92 Å². The van der Waals surface area contributed by atoms with Gasteiger partial charge in [-0.3, -0.25) is 0 Å². The smallest absolute Gasteiger partial charge is 0.150 e. The summed E-state index contributed by atoms with van der Waals surface area (Å²) in [6.07, 6.45) is 0. The van der Waals surface area contributed by atoms with Crippen LogP contribution < -0.4 is 4.90 Å². The molecule has 0 saturated heterocycles. The molecule has 108 valence electrons. The Morgan fingerprint density at radius 2 is 1.50 bits per heavy atom. The SMILES string of the molecule is COCCN(CCOC)c1nc2ccccc2nc1C. The Kier molecular flexibility index (Phi) is 5.26. The van der Waals surface area contributed by atoms with Gasteiger partial charge in [0.2, 0.25) is 0 Å². The Balaban J connectivity index is 2.32. The summed E-state index contributed by atoms with van der Waals surface area (Å²) < 4.78 is 10.3. The van der Waals surface area contributed by atoms with E-state index in [-0.39, 0.29) is 0 Å². The maximum atomic E-state index is 5.17. The molecule has 0 saturated carbocycles. The monoisotopic (exact) mass is 275 g/mol. The van der Waals surface area contributed by atoms with Crippen LogP contribution in [0.25, 0.3) is 11.0 Å². The van der Waals surface area contributed by atoms with Gasteiger partial charge in [-0.2, -0.15) is 0 Å². The van der Waals surface area contributed by atoms with Crippen LogP contribution in [0.4, 0.5) is 5.82 Å². The van der Waals surface area contributed by atoms with E-state index in [4.69, 9.17) is 14.5 Å². The van der Waals surface area contributed by atoms with E-state index in [1.165, 1.54) is 0 Å². The summed E-state index contributed by atoms with van der Waals surface area (Å²) >= 11 is 0. The quantitative estimate of drug-likeness (QED) is 0.774. The van der Waals surface area contributed by atoms with Gasteiger partial charge >= 0.3 is 0 Å². The summed E-state index contributed by atoms with van der Waals surface area (Å²) in [6.45, 7) is 4.83. The van der Waals surface area contributed by atoms with Gasteiger partial charge < -0.3 is 14.4 Å². The molecule has 0 amide bonds. The van der Waals surface area contributed by atoms with Crippen molar-refractivity contribution in [3.63, 3.8) is 0 Å². The second-order valence-corrected chi connectivity index (χ2v) is 4.59. The van der Waals surface area contributed by atoms with E-state index in [0.717, 1.165) is 35.6 Å². The first-order valence-corrected chi connectivity index (χ1v) is 6.72. The fourth-order valence-corrected chi connectivity index (χ4v) is 2.11. The van der Waals surface area contributed by atoms with Crippen molar-refractivity contribution in [2.24, 2.45) is 0 Å². The Hall–Kier alpha value is -1.72. The first-order chi connectivity index (χ1) is 9.76. The highest BCUT2D eigenvalue weighted by Crippen LogP contribution is 2.19. The number of fused-ring (bicyclic) bond motifs is 1. The zero-order chi connectivity index (χ0) is 14.4. The molecule has 1 aromatic carbocycles. The van der Waals surface area contributed by atoms with Crippen LogP contribution in [0.3, 0.4) is 0 Å².